The fourth-order valence-electron chi connectivity index (χ4n) is 3.98. The molecule has 0 bridgehead atoms. The van der Waals surface area contributed by atoms with E-state index in [1.807, 2.05) is 0 Å². The van der Waals surface area contributed by atoms with Crippen LogP contribution in [-0.4, -0.2) is 11.7 Å². The fraction of sp³-hybridized carbons (Fsp3) is 0.667. The summed E-state index contributed by atoms with van der Waals surface area (Å²) in [6, 6.07) is 0. The minimum atomic E-state index is 0.129. The summed E-state index contributed by atoms with van der Waals surface area (Å²) in [6.07, 6.45) is 24.1. The Labute approximate surface area is 194 Å². The van der Waals surface area contributed by atoms with E-state index in [2.05, 4.69) is 85.8 Å². The number of rotatable bonds is 15. The van der Waals surface area contributed by atoms with Gasteiger partial charge in [0.25, 0.3) is 0 Å². The third kappa shape index (κ3) is 13.6. The standard InChI is InChI=1S/C30H50O/c1-24(2)14-11-18-27(6)20-12-19-26(5)16-9-10-17-28(7)21-22-29-30(8,31-29)23-13-15-25(3)4/h14-17,20,29H,9-13,18-19,21-23H2,1-8H3/b26-16+,27-20+,28-17+/t29-,30+/m0/s1. The molecule has 0 aromatic carbocycles. The van der Waals surface area contributed by atoms with Crippen molar-refractivity contribution in [2.24, 2.45) is 0 Å². The first kappa shape index (κ1) is 27.7. The van der Waals surface area contributed by atoms with E-state index in [1.165, 1.54) is 66.4 Å². The minimum Gasteiger partial charge on any atom is -0.366 e. The lowest BCUT2D eigenvalue weighted by Crippen LogP contribution is -2.09. The lowest BCUT2D eigenvalue weighted by molar-refractivity contribution is 0.295. The first-order valence-electron chi connectivity index (χ1n) is 12.5. The predicted octanol–water partition coefficient (Wildman–Crippen LogP) is 9.82. The number of hydrogen-bond donors (Lipinski definition) is 0. The molecule has 1 fully saturated rings. The normalized spacial score (nSPS) is 21.8. The SMILES string of the molecule is CC(C)=CCC/C(C)=C/CC/C(C)=C/CC/C=C(\C)CC[C@@H]1O[C@]1(C)CCC=C(C)C. The zero-order valence-corrected chi connectivity index (χ0v) is 21.9. The van der Waals surface area contributed by atoms with Crippen LogP contribution in [0, 0.1) is 0 Å². The summed E-state index contributed by atoms with van der Waals surface area (Å²) in [5.41, 5.74) is 7.53. The number of allylic oxidation sites excluding steroid dienone is 10. The van der Waals surface area contributed by atoms with E-state index in [0.29, 0.717) is 6.10 Å². The Morgan fingerprint density at radius 3 is 1.61 bits per heavy atom. The van der Waals surface area contributed by atoms with E-state index in [9.17, 15) is 0 Å². The molecule has 0 aromatic heterocycles. The summed E-state index contributed by atoms with van der Waals surface area (Å²) in [4.78, 5) is 0. The maximum atomic E-state index is 6.01. The zero-order chi connectivity index (χ0) is 23.3. The molecule has 0 spiro atoms. The largest absolute Gasteiger partial charge is 0.366 e. The summed E-state index contributed by atoms with van der Waals surface area (Å²) in [6.45, 7) is 17.8. The quantitative estimate of drug-likeness (QED) is 0.144. The van der Waals surface area contributed by atoms with Crippen LogP contribution in [0.2, 0.25) is 0 Å². The van der Waals surface area contributed by atoms with Gasteiger partial charge in [0, 0.05) is 0 Å². The Bertz CT molecular complexity index is 677. The van der Waals surface area contributed by atoms with Gasteiger partial charge >= 0.3 is 0 Å². The summed E-state index contributed by atoms with van der Waals surface area (Å²) in [5, 5.41) is 0. The van der Waals surface area contributed by atoms with Gasteiger partial charge in [0.05, 0.1) is 11.7 Å². The van der Waals surface area contributed by atoms with E-state index >= 15 is 0 Å². The van der Waals surface area contributed by atoms with Crippen molar-refractivity contribution in [3.63, 3.8) is 0 Å². The van der Waals surface area contributed by atoms with Crippen LogP contribution in [0.4, 0.5) is 0 Å². The summed E-state index contributed by atoms with van der Waals surface area (Å²) in [5.74, 6) is 0. The van der Waals surface area contributed by atoms with Crippen molar-refractivity contribution in [2.45, 2.75) is 131 Å². The topological polar surface area (TPSA) is 12.5 Å². The van der Waals surface area contributed by atoms with E-state index in [-0.39, 0.29) is 5.60 Å². The molecule has 0 N–H and O–H groups in total. The minimum absolute atomic E-state index is 0.129. The molecule has 0 saturated carbocycles. The molecule has 1 nitrogen and oxygen atoms in total. The van der Waals surface area contributed by atoms with Crippen LogP contribution in [0.15, 0.2) is 58.2 Å². The van der Waals surface area contributed by atoms with E-state index in [1.54, 1.807) is 0 Å². The Balaban J connectivity index is 2.18. The van der Waals surface area contributed by atoms with Crippen LogP contribution >= 0.6 is 0 Å². The van der Waals surface area contributed by atoms with Gasteiger partial charge in [-0.3, -0.25) is 0 Å². The molecule has 1 aliphatic heterocycles. The first-order valence-corrected chi connectivity index (χ1v) is 12.5. The van der Waals surface area contributed by atoms with Crippen molar-refractivity contribution in [1.82, 2.24) is 0 Å². The molecule has 1 rings (SSSR count). The van der Waals surface area contributed by atoms with Crippen molar-refractivity contribution < 1.29 is 4.74 Å². The second-order valence-corrected chi connectivity index (χ2v) is 10.4. The molecule has 1 heteroatoms. The molecule has 0 amide bonds. The van der Waals surface area contributed by atoms with E-state index < -0.39 is 0 Å². The fourth-order valence-corrected chi connectivity index (χ4v) is 3.98. The molecule has 176 valence electrons. The predicted molar refractivity (Wildman–Crippen MR) is 140 cm³/mol. The van der Waals surface area contributed by atoms with Gasteiger partial charge in [0.2, 0.25) is 0 Å². The van der Waals surface area contributed by atoms with Gasteiger partial charge in [0.1, 0.15) is 0 Å². The van der Waals surface area contributed by atoms with Crippen LogP contribution in [0.3, 0.4) is 0 Å². The average molecular weight is 427 g/mol. The summed E-state index contributed by atoms with van der Waals surface area (Å²) in [7, 11) is 0. The van der Waals surface area contributed by atoms with Gasteiger partial charge in [-0.05, 0) is 120 Å². The molecular weight excluding hydrogens is 376 g/mol. The van der Waals surface area contributed by atoms with Gasteiger partial charge in [-0.25, -0.2) is 0 Å². The van der Waals surface area contributed by atoms with Crippen LogP contribution in [0.1, 0.15) is 120 Å². The molecule has 31 heavy (non-hydrogen) atoms. The first-order chi connectivity index (χ1) is 14.6. The Kier molecular flexibility index (Phi) is 13.1. The highest BCUT2D eigenvalue weighted by Gasteiger charge is 2.50. The highest BCUT2D eigenvalue weighted by atomic mass is 16.6. The molecule has 0 unspecified atom stereocenters. The number of ether oxygens (including phenoxy) is 1. The Morgan fingerprint density at radius 1 is 0.613 bits per heavy atom. The zero-order valence-electron chi connectivity index (χ0n) is 21.9. The van der Waals surface area contributed by atoms with Crippen molar-refractivity contribution in [1.29, 1.82) is 0 Å². The van der Waals surface area contributed by atoms with Crippen LogP contribution < -0.4 is 0 Å². The van der Waals surface area contributed by atoms with Gasteiger partial charge in [-0.15, -0.1) is 0 Å². The van der Waals surface area contributed by atoms with E-state index in [4.69, 9.17) is 4.74 Å². The van der Waals surface area contributed by atoms with Gasteiger partial charge in [-0.1, -0.05) is 58.2 Å². The molecule has 1 saturated heterocycles. The molecule has 1 heterocycles. The third-order valence-electron chi connectivity index (χ3n) is 6.30. The third-order valence-corrected chi connectivity index (χ3v) is 6.30. The smallest absolute Gasteiger partial charge is 0.0923 e. The van der Waals surface area contributed by atoms with Crippen molar-refractivity contribution in [3.8, 4) is 0 Å². The van der Waals surface area contributed by atoms with E-state index in [0.717, 1.165) is 25.7 Å². The number of unbranched alkanes of at least 4 members (excludes halogenated alkanes) is 1. The maximum Gasteiger partial charge on any atom is 0.0923 e. The average Bonchev–Trinajstić information content (AvgIpc) is 3.32. The molecule has 0 aliphatic carbocycles. The van der Waals surface area contributed by atoms with Gasteiger partial charge < -0.3 is 4.74 Å². The number of hydrogen-bond acceptors (Lipinski definition) is 1. The van der Waals surface area contributed by atoms with Crippen molar-refractivity contribution in [3.05, 3.63) is 58.2 Å². The monoisotopic (exact) mass is 426 g/mol. The summed E-state index contributed by atoms with van der Waals surface area (Å²) >= 11 is 0. The lowest BCUT2D eigenvalue weighted by Gasteiger charge is -2.05. The maximum absolute atomic E-state index is 6.01. The molecule has 0 aromatic rings. The number of epoxide rings is 1. The highest BCUT2D eigenvalue weighted by molar-refractivity contribution is 5.08. The van der Waals surface area contributed by atoms with Gasteiger partial charge in [-0.2, -0.15) is 0 Å². The van der Waals surface area contributed by atoms with Gasteiger partial charge in [0.15, 0.2) is 0 Å². The molecule has 0 radical (unpaired) electrons. The second-order valence-electron chi connectivity index (χ2n) is 10.4. The van der Waals surface area contributed by atoms with Crippen molar-refractivity contribution in [2.75, 3.05) is 0 Å². The van der Waals surface area contributed by atoms with Crippen LogP contribution in [0.5, 0.6) is 0 Å². The Morgan fingerprint density at radius 2 is 1.06 bits per heavy atom. The summed E-state index contributed by atoms with van der Waals surface area (Å²) < 4.78 is 6.01. The lowest BCUT2D eigenvalue weighted by atomic mass is 9.96. The second kappa shape index (κ2) is 14.7. The van der Waals surface area contributed by atoms with Crippen LogP contribution in [-0.2, 0) is 4.74 Å². The Hall–Kier alpha value is -1.34. The van der Waals surface area contributed by atoms with Crippen molar-refractivity contribution >= 4 is 0 Å². The van der Waals surface area contributed by atoms with Crippen LogP contribution in [0.25, 0.3) is 0 Å². The molecule has 2 atom stereocenters. The molecule has 1 aliphatic rings. The molecular formula is C30H50O. The highest BCUT2D eigenvalue weighted by Crippen LogP contribution is 2.43.